The van der Waals surface area contributed by atoms with Crippen LogP contribution in [0.1, 0.15) is 38.4 Å². The van der Waals surface area contributed by atoms with Crippen LogP contribution in [-0.2, 0) is 4.79 Å². The van der Waals surface area contributed by atoms with Crippen molar-refractivity contribution in [2.45, 2.75) is 38.9 Å². The minimum atomic E-state index is -1.19. The summed E-state index contributed by atoms with van der Waals surface area (Å²) in [6.07, 6.45) is -0.0131. The third-order valence-electron chi connectivity index (χ3n) is 3.44. The Hall–Kier alpha value is -1.39. The lowest BCUT2D eigenvalue weighted by atomic mass is 9.96. The highest BCUT2D eigenvalue weighted by Crippen LogP contribution is 2.14. The van der Waals surface area contributed by atoms with Crippen molar-refractivity contribution in [3.05, 3.63) is 35.9 Å². The Kier molecular flexibility index (Phi) is 6.53. The first-order valence-corrected chi connectivity index (χ1v) is 6.78. The van der Waals surface area contributed by atoms with Crippen molar-refractivity contribution in [2.75, 3.05) is 6.54 Å². The molecule has 0 radical (unpaired) electrons. The number of carbonyl (C=O) groups is 1. The molecular weight excluding hydrogens is 242 g/mol. The van der Waals surface area contributed by atoms with Gasteiger partial charge in [0, 0.05) is 6.54 Å². The molecule has 1 rings (SSSR count). The number of hydrogen-bond donors (Lipinski definition) is 3. The summed E-state index contributed by atoms with van der Waals surface area (Å²) in [4.78, 5) is 11.8. The third-order valence-corrected chi connectivity index (χ3v) is 3.44. The summed E-state index contributed by atoms with van der Waals surface area (Å²) in [5, 5.41) is 22.4. The third kappa shape index (κ3) is 4.65. The standard InChI is InChI=1S/C15H23NO3/c1-3-11(4-2)13(17)10-16-15(19)14(18)12-8-6-5-7-9-12/h5-9,11,13-14,17-18H,3-4,10H2,1-2H3,(H,16,19)/t13-,14-/m0/s1. The predicted molar refractivity (Wildman–Crippen MR) is 74.5 cm³/mol. The van der Waals surface area contributed by atoms with E-state index in [1.807, 2.05) is 19.9 Å². The van der Waals surface area contributed by atoms with Gasteiger partial charge in [-0.25, -0.2) is 0 Å². The molecule has 0 fully saturated rings. The Balaban J connectivity index is 2.47. The van der Waals surface area contributed by atoms with Gasteiger partial charge in [0.2, 0.25) is 0 Å². The molecule has 4 nitrogen and oxygen atoms in total. The fraction of sp³-hybridized carbons (Fsp3) is 0.533. The molecule has 0 aliphatic carbocycles. The lowest BCUT2D eigenvalue weighted by Gasteiger charge is -2.21. The zero-order valence-corrected chi connectivity index (χ0v) is 11.5. The molecule has 3 N–H and O–H groups in total. The molecular formula is C15H23NO3. The Morgan fingerprint density at radius 1 is 1.16 bits per heavy atom. The topological polar surface area (TPSA) is 69.6 Å². The quantitative estimate of drug-likeness (QED) is 0.702. The van der Waals surface area contributed by atoms with Crippen LogP contribution < -0.4 is 5.32 Å². The van der Waals surface area contributed by atoms with Crippen molar-refractivity contribution in [2.24, 2.45) is 5.92 Å². The molecule has 0 aromatic heterocycles. The summed E-state index contributed by atoms with van der Waals surface area (Å²) >= 11 is 0. The number of benzene rings is 1. The van der Waals surface area contributed by atoms with E-state index in [1.165, 1.54) is 0 Å². The van der Waals surface area contributed by atoms with Crippen molar-refractivity contribution < 1.29 is 15.0 Å². The molecule has 106 valence electrons. The van der Waals surface area contributed by atoms with Gasteiger partial charge in [0.1, 0.15) is 0 Å². The van der Waals surface area contributed by atoms with Crippen LogP contribution in [0.2, 0.25) is 0 Å². The summed E-state index contributed by atoms with van der Waals surface area (Å²) in [6, 6.07) is 8.75. The monoisotopic (exact) mass is 265 g/mol. The average Bonchev–Trinajstić information content (AvgIpc) is 2.46. The number of hydrogen-bond acceptors (Lipinski definition) is 3. The first-order chi connectivity index (χ1) is 9.10. The molecule has 1 aromatic rings. The van der Waals surface area contributed by atoms with E-state index in [1.54, 1.807) is 24.3 Å². The second kappa shape index (κ2) is 7.92. The van der Waals surface area contributed by atoms with Gasteiger partial charge in [-0.1, -0.05) is 57.0 Å². The van der Waals surface area contributed by atoms with E-state index < -0.39 is 18.1 Å². The van der Waals surface area contributed by atoms with Gasteiger partial charge in [-0.3, -0.25) is 4.79 Å². The van der Waals surface area contributed by atoms with E-state index in [0.29, 0.717) is 5.56 Å². The van der Waals surface area contributed by atoms with Crippen LogP contribution in [-0.4, -0.2) is 28.8 Å². The molecule has 0 heterocycles. The van der Waals surface area contributed by atoms with Gasteiger partial charge >= 0.3 is 0 Å². The van der Waals surface area contributed by atoms with Crippen molar-refractivity contribution in [1.82, 2.24) is 5.32 Å². The maximum absolute atomic E-state index is 11.8. The van der Waals surface area contributed by atoms with Crippen LogP contribution in [0.25, 0.3) is 0 Å². The van der Waals surface area contributed by atoms with Gasteiger partial charge in [-0.2, -0.15) is 0 Å². The van der Waals surface area contributed by atoms with E-state index >= 15 is 0 Å². The zero-order chi connectivity index (χ0) is 14.3. The molecule has 0 unspecified atom stereocenters. The SMILES string of the molecule is CCC(CC)[C@@H](O)CNC(=O)[C@@H](O)c1ccccc1. The van der Waals surface area contributed by atoms with Crippen LogP contribution in [0.3, 0.4) is 0 Å². The fourth-order valence-electron chi connectivity index (χ4n) is 2.09. The summed E-state index contributed by atoms with van der Waals surface area (Å²) < 4.78 is 0. The number of amides is 1. The van der Waals surface area contributed by atoms with Crippen molar-refractivity contribution in [1.29, 1.82) is 0 Å². The molecule has 2 atom stereocenters. The molecule has 0 saturated heterocycles. The molecule has 4 heteroatoms. The normalized spacial score (nSPS) is 14.2. The number of nitrogens with one attached hydrogen (secondary N) is 1. The Morgan fingerprint density at radius 3 is 2.26 bits per heavy atom. The van der Waals surface area contributed by atoms with Gasteiger partial charge in [-0.15, -0.1) is 0 Å². The maximum Gasteiger partial charge on any atom is 0.253 e. The second-order valence-electron chi connectivity index (χ2n) is 4.70. The van der Waals surface area contributed by atoms with Crippen LogP contribution in [0.4, 0.5) is 0 Å². The van der Waals surface area contributed by atoms with E-state index in [4.69, 9.17) is 0 Å². The summed E-state index contributed by atoms with van der Waals surface area (Å²) in [7, 11) is 0. The number of rotatable bonds is 7. The van der Waals surface area contributed by atoms with E-state index in [-0.39, 0.29) is 12.5 Å². The Bertz CT molecular complexity index is 376. The van der Waals surface area contributed by atoms with Gasteiger partial charge in [0.25, 0.3) is 5.91 Å². The lowest BCUT2D eigenvalue weighted by molar-refractivity contribution is -0.130. The van der Waals surface area contributed by atoms with Crippen LogP contribution >= 0.6 is 0 Å². The first kappa shape index (κ1) is 15.7. The van der Waals surface area contributed by atoms with Gasteiger partial charge < -0.3 is 15.5 Å². The molecule has 0 bridgehead atoms. The first-order valence-electron chi connectivity index (χ1n) is 6.78. The fourth-order valence-corrected chi connectivity index (χ4v) is 2.09. The smallest absolute Gasteiger partial charge is 0.253 e. The van der Waals surface area contributed by atoms with E-state index in [9.17, 15) is 15.0 Å². The minimum Gasteiger partial charge on any atom is -0.391 e. The Labute approximate surface area is 114 Å². The Morgan fingerprint density at radius 2 is 1.74 bits per heavy atom. The van der Waals surface area contributed by atoms with Crippen LogP contribution in [0, 0.1) is 5.92 Å². The molecule has 1 aromatic carbocycles. The predicted octanol–water partition coefficient (Wildman–Crippen LogP) is 1.63. The van der Waals surface area contributed by atoms with Crippen molar-refractivity contribution >= 4 is 5.91 Å². The summed E-state index contributed by atoms with van der Waals surface area (Å²) in [5.41, 5.74) is 0.553. The van der Waals surface area contributed by atoms with E-state index in [0.717, 1.165) is 12.8 Å². The highest BCUT2D eigenvalue weighted by Gasteiger charge is 2.20. The number of carbonyl (C=O) groups excluding carboxylic acids is 1. The van der Waals surface area contributed by atoms with Crippen LogP contribution in [0.15, 0.2) is 30.3 Å². The molecule has 0 aliphatic heterocycles. The largest absolute Gasteiger partial charge is 0.391 e. The van der Waals surface area contributed by atoms with Gasteiger partial charge in [-0.05, 0) is 11.5 Å². The van der Waals surface area contributed by atoms with Gasteiger partial charge in [0.05, 0.1) is 6.10 Å². The summed E-state index contributed by atoms with van der Waals surface area (Å²) in [6.45, 7) is 4.20. The highest BCUT2D eigenvalue weighted by atomic mass is 16.3. The minimum absolute atomic E-state index is 0.175. The second-order valence-corrected chi connectivity index (χ2v) is 4.70. The van der Waals surface area contributed by atoms with Crippen molar-refractivity contribution in [3.63, 3.8) is 0 Å². The van der Waals surface area contributed by atoms with Gasteiger partial charge in [0.15, 0.2) is 6.10 Å². The van der Waals surface area contributed by atoms with E-state index in [2.05, 4.69) is 5.32 Å². The maximum atomic E-state index is 11.8. The zero-order valence-electron chi connectivity index (χ0n) is 11.5. The molecule has 0 aliphatic rings. The molecule has 1 amide bonds. The average molecular weight is 265 g/mol. The van der Waals surface area contributed by atoms with Crippen molar-refractivity contribution in [3.8, 4) is 0 Å². The molecule has 0 saturated carbocycles. The van der Waals surface area contributed by atoms with Crippen LogP contribution in [0.5, 0.6) is 0 Å². The molecule has 0 spiro atoms. The number of aliphatic hydroxyl groups is 2. The lowest BCUT2D eigenvalue weighted by Crippen LogP contribution is -2.38. The highest BCUT2D eigenvalue weighted by molar-refractivity contribution is 5.81. The molecule has 19 heavy (non-hydrogen) atoms. The summed E-state index contributed by atoms with van der Waals surface area (Å²) in [5.74, 6) is -0.301. The number of aliphatic hydroxyl groups excluding tert-OH is 2.